The fourth-order valence-electron chi connectivity index (χ4n) is 5.46. The van der Waals surface area contributed by atoms with Crippen molar-refractivity contribution in [3.8, 4) is 17.2 Å². The summed E-state index contributed by atoms with van der Waals surface area (Å²) in [7, 11) is 0. The molecule has 0 spiro atoms. The molecule has 13 nitrogen and oxygen atoms in total. The summed E-state index contributed by atoms with van der Waals surface area (Å²) in [5.74, 6) is -1.45. The lowest BCUT2D eigenvalue weighted by Gasteiger charge is -2.41. The molecule has 2 aliphatic heterocycles. The van der Waals surface area contributed by atoms with Gasteiger partial charge in [0.2, 0.25) is 12.2 Å². The summed E-state index contributed by atoms with van der Waals surface area (Å²) >= 11 is 5.67. The number of hydrogen-bond donors (Lipinski definition) is 7. The summed E-state index contributed by atoms with van der Waals surface area (Å²) in [4.78, 5) is 12.9. The van der Waals surface area contributed by atoms with Gasteiger partial charge in [-0.05, 0) is 61.4 Å². The molecule has 1 saturated carbocycles. The molecule has 3 fully saturated rings. The lowest BCUT2D eigenvalue weighted by atomic mass is 9.83. The Morgan fingerprint density at radius 1 is 1.00 bits per heavy atom. The Morgan fingerprint density at radius 3 is 2.41 bits per heavy atom. The first-order valence-corrected chi connectivity index (χ1v) is 14.8. The zero-order valence-electron chi connectivity index (χ0n) is 24.7. The third-order valence-corrected chi connectivity index (χ3v) is 8.39. The number of hydrogen-bond acceptors (Lipinski definition) is 12. The van der Waals surface area contributed by atoms with Gasteiger partial charge in [-0.2, -0.15) is 0 Å². The van der Waals surface area contributed by atoms with Crippen molar-refractivity contribution in [3.63, 3.8) is 0 Å². The number of phenols is 1. The van der Waals surface area contributed by atoms with Crippen LogP contribution in [0, 0.1) is 5.82 Å². The monoisotopic (exact) mass is 667 g/mol. The fraction of sp³-hybridized carbons (Fsp3) is 0.452. The molecule has 2 aromatic rings. The van der Waals surface area contributed by atoms with Crippen LogP contribution in [0.25, 0.3) is 6.08 Å². The Labute approximate surface area is 268 Å². The summed E-state index contributed by atoms with van der Waals surface area (Å²) < 4.78 is 41.0. The van der Waals surface area contributed by atoms with Gasteiger partial charge in [0, 0.05) is 11.6 Å². The Bertz CT molecular complexity index is 1490. The minimum atomic E-state index is -1.51. The van der Waals surface area contributed by atoms with Crippen LogP contribution in [0.4, 0.5) is 4.39 Å². The molecule has 0 unspecified atom stereocenters. The number of aromatic hydroxyl groups is 1. The fourth-order valence-corrected chi connectivity index (χ4v) is 5.58. The van der Waals surface area contributed by atoms with Crippen LogP contribution in [0.1, 0.15) is 19.4 Å². The molecule has 0 bridgehead atoms. The number of aliphatic hydroxyl groups is 5. The lowest BCUT2D eigenvalue weighted by molar-refractivity contribution is -0.155. The van der Waals surface area contributed by atoms with E-state index in [1.54, 1.807) is 13.0 Å². The largest absolute Gasteiger partial charge is 0.504 e. The number of amides is 1. The van der Waals surface area contributed by atoms with Crippen molar-refractivity contribution in [2.24, 2.45) is 0 Å². The van der Waals surface area contributed by atoms with Crippen LogP contribution in [0.5, 0.6) is 17.2 Å². The number of phenolic OH excluding ortho intramolecular Hbond substituents is 1. The molecule has 7 N–H and O–H groups in total. The van der Waals surface area contributed by atoms with E-state index >= 15 is 0 Å². The summed E-state index contributed by atoms with van der Waals surface area (Å²) in [5, 5.41) is 65.5. The van der Waals surface area contributed by atoms with Gasteiger partial charge in [0.1, 0.15) is 73.8 Å². The van der Waals surface area contributed by atoms with Gasteiger partial charge >= 0.3 is 0 Å². The predicted molar refractivity (Wildman–Crippen MR) is 158 cm³/mol. The van der Waals surface area contributed by atoms with Gasteiger partial charge in [0.15, 0.2) is 11.5 Å². The third-order valence-electron chi connectivity index (χ3n) is 8.08. The van der Waals surface area contributed by atoms with Gasteiger partial charge in [0.25, 0.3) is 0 Å². The van der Waals surface area contributed by atoms with Gasteiger partial charge in [-0.1, -0.05) is 17.7 Å². The topological polar surface area (TPSA) is 197 Å². The van der Waals surface area contributed by atoms with Crippen molar-refractivity contribution in [2.75, 3.05) is 13.4 Å². The number of halogens is 2. The van der Waals surface area contributed by atoms with E-state index in [0.717, 1.165) is 6.07 Å². The van der Waals surface area contributed by atoms with E-state index in [4.69, 9.17) is 35.3 Å². The molecule has 2 heterocycles. The highest BCUT2D eigenvalue weighted by molar-refractivity contribution is 6.30. The molecule has 15 heteroatoms. The predicted octanol–water partition coefficient (Wildman–Crippen LogP) is 0.761. The van der Waals surface area contributed by atoms with Crippen LogP contribution in [0.3, 0.4) is 0 Å². The number of ether oxygens (including phenoxy) is 5. The first-order valence-electron chi connectivity index (χ1n) is 14.4. The van der Waals surface area contributed by atoms with E-state index in [0.29, 0.717) is 11.1 Å². The molecule has 250 valence electrons. The van der Waals surface area contributed by atoms with Crippen molar-refractivity contribution in [1.82, 2.24) is 5.32 Å². The number of fused-ring (bicyclic) bond motifs is 1. The molecule has 46 heavy (non-hydrogen) atoms. The molecule has 1 aliphatic carbocycles. The van der Waals surface area contributed by atoms with Crippen molar-refractivity contribution >= 4 is 23.6 Å². The van der Waals surface area contributed by atoms with Crippen molar-refractivity contribution in [3.05, 3.63) is 70.0 Å². The number of aliphatic hydroxyl groups excluding tert-OH is 5. The number of nitrogens with one attached hydrogen (secondary N) is 1. The molecule has 5 rings (SSSR count). The summed E-state index contributed by atoms with van der Waals surface area (Å²) in [6.07, 6.45) is -8.15. The van der Waals surface area contributed by atoms with Gasteiger partial charge in [0.05, 0.1) is 11.1 Å². The molecule has 0 aromatic heterocycles. The van der Waals surface area contributed by atoms with E-state index in [2.05, 4.69) is 5.32 Å². The van der Waals surface area contributed by atoms with E-state index in [1.165, 1.54) is 43.3 Å². The first-order chi connectivity index (χ1) is 21.8. The molecule has 2 aromatic carbocycles. The average Bonchev–Trinajstić information content (AvgIpc) is 3.62. The minimum absolute atomic E-state index is 0.0163. The second kappa shape index (κ2) is 14.2. The molecule has 10 atom stereocenters. The average molecular weight is 668 g/mol. The van der Waals surface area contributed by atoms with Crippen LogP contribution < -0.4 is 14.8 Å². The summed E-state index contributed by atoms with van der Waals surface area (Å²) in [5.41, 5.74) is 1.05. The Hall–Kier alpha value is -3.31. The van der Waals surface area contributed by atoms with Gasteiger partial charge in [-0.3, -0.25) is 4.79 Å². The van der Waals surface area contributed by atoms with Gasteiger partial charge < -0.3 is 59.6 Å². The van der Waals surface area contributed by atoms with E-state index < -0.39 is 72.9 Å². The Kier molecular flexibility index (Phi) is 10.5. The highest BCUT2D eigenvalue weighted by atomic mass is 35.5. The standard InChI is InChI=1S/C31H35ClFNO12/c1-13(7-8-42-16-4-5-17(32)18(33)11-16)27-25(39)26(40)31(46-27)45-20-6-3-15(10-19(20)35)9-14(2)30(41)34-21-22(36)24(38)29-28(23(21)37)43-12-44-29/h3-7,9-11,21-29,31,35-40H,8,12H2,1-2H3,(H,34,41)/t21-,22+,23-,24-,25+,26+,27-,28+,29-,31-/m1/s1. The zero-order chi connectivity index (χ0) is 33.3. The summed E-state index contributed by atoms with van der Waals surface area (Å²) in [6.45, 7) is 2.99. The quantitative estimate of drug-likeness (QED) is 0.147. The number of rotatable bonds is 9. The molecular formula is C31H35ClFNO12. The lowest BCUT2D eigenvalue weighted by Crippen LogP contribution is -2.67. The highest BCUT2D eigenvalue weighted by Gasteiger charge is 2.53. The third kappa shape index (κ3) is 7.15. The smallest absolute Gasteiger partial charge is 0.247 e. The van der Waals surface area contributed by atoms with Gasteiger partial charge in [-0.25, -0.2) is 4.39 Å². The molecule has 3 aliphatic rings. The van der Waals surface area contributed by atoms with Crippen LogP contribution >= 0.6 is 11.6 Å². The number of carbonyl (C=O) groups is 1. The van der Waals surface area contributed by atoms with Crippen molar-refractivity contribution < 1.29 is 63.5 Å². The highest BCUT2D eigenvalue weighted by Crippen LogP contribution is 2.34. The first kappa shape index (κ1) is 34.0. The maximum atomic E-state index is 13.6. The molecule has 1 amide bonds. The second-order valence-corrected chi connectivity index (χ2v) is 11.7. The maximum absolute atomic E-state index is 13.6. The zero-order valence-corrected chi connectivity index (χ0v) is 25.5. The van der Waals surface area contributed by atoms with Crippen LogP contribution in [0.2, 0.25) is 5.02 Å². The van der Waals surface area contributed by atoms with Crippen LogP contribution in [-0.2, 0) is 19.0 Å². The molecular weight excluding hydrogens is 633 g/mol. The number of carbonyl (C=O) groups excluding carboxylic acids is 1. The van der Waals surface area contributed by atoms with Crippen molar-refractivity contribution in [2.45, 2.75) is 75.0 Å². The van der Waals surface area contributed by atoms with E-state index in [9.17, 15) is 39.8 Å². The minimum Gasteiger partial charge on any atom is -0.504 e. The molecule has 0 radical (unpaired) electrons. The van der Waals surface area contributed by atoms with Crippen molar-refractivity contribution in [1.29, 1.82) is 0 Å². The number of benzene rings is 2. The van der Waals surface area contributed by atoms with Crippen LogP contribution in [0.15, 0.2) is 53.6 Å². The maximum Gasteiger partial charge on any atom is 0.247 e. The van der Waals surface area contributed by atoms with Crippen LogP contribution in [-0.4, -0.2) is 111 Å². The molecule has 2 saturated heterocycles. The normalized spacial score (nSPS) is 33.1. The Balaban J connectivity index is 1.18. The summed E-state index contributed by atoms with van der Waals surface area (Å²) in [6, 6.07) is 6.97. The van der Waals surface area contributed by atoms with E-state index in [1.807, 2.05) is 0 Å². The van der Waals surface area contributed by atoms with Gasteiger partial charge in [-0.15, -0.1) is 0 Å². The second-order valence-electron chi connectivity index (χ2n) is 11.3. The van der Waals surface area contributed by atoms with E-state index in [-0.39, 0.29) is 41.2 Å². The SMILES string of the molecule is CC(=Cc1ccc(O[C@@H]2O[C@H](C(C)=CCOc3ccc(Cl)c(F)c3)[C@@H](O)[C@@H]2O)c(O)c1)C(=O)N[C@@H]1[C@H](O)[C@@H](O)[C@H]2OCO[C@H]2[C@@H]1O. The Morgan fingerprint density at radius 2 is 1.72 bits per heavy atom.